The van der Waals surface area contributed by atoms with Gasteiger partial charge in [0.15, 0.2) is 0 Å². The molecule has 0 aliphatic carbocycles. The lowest BCUT2D eigenvalue weighted by Crippen LogP contribution is -2.17. The van der Waals surface area contributed by atoms with Crippen molar-refractivity contribution in [2.24, 2.45) is 0 Å². The minimum Gasteiger partial charge on any atom is -0.381 e. The van der Waals surface area contributed by atoms with Gasteiger partial charge in [-0.05, 0) is 85.6 Å². The van der Waals surface area contributed by atoms with Crippen LogP contribution in [0.25, 0.3) is 60.3 Å². The summed E-state index contributed by atoms with van der Waals surface area (Å²) in [5, 5.41) is 11.3. The molecule has 1 nitrogen and oxygen atoms in total. The number of allylic oxidation sites excluding steroid dienone is 2. The van der Waals surface area contributed by atoms with Gasteiger partial charge in [-0.1, -0.05) is 121 Å². The van der Waals surface area contributed by atoms with Crippen molar-refractivity contribution >= 4 is 38.0 Å². The zero-order valence-corrected chi connectivity index (χ0v) is 21.8. The Morgan fingerprint density at radius 1 is 0.474 bits per heavy atom. The molecule has 0 saturated carbocycles. The van der Waals surface area contributed by atoms with Gasteiger partial charge in [0, 0.05) is 12.2 Å². The molecule has 0 saturated heterocycles. The van der Waals surface area contributed by atoms with Gasteiger partial charge in [0.25, 0.3) is 0 Å². The molecule has 38 heavy (non-hydrogen) atoms. The lowest BCUT2D eigenvalue weighted by molar-refractivity contribution is 0.941. The third-order valence-corrected chi connectivity index (χ3v) is 7.92. The molecule has 1 heterocycles. The Bertz CT molecular complexity index is 1860. The van der Waals surface area contributed by atoms with Gasteiger partial charge in [0.05, 0.1) is 0 Å². The third-order valence-electron chi connectivity index (χ3n) is 7.92. The van der Waals surface area contributed by atoms with E-state index < -0.39 is 0 Å². The van der Waals surface area contributed by atoms with Crippen LogP contribution in [-0.4, -0.2) is 6.54 Å². The normalized spacial score (nSPS) is 13.4. The SMILES string of the molecule is CC1=CC=C(c2ccc(-c3c4ccccc4c(-c4cccc5c(C)cccc45)c4ccccc34)cc2)NC1. The number of hydrogen-bond donors (Lipinski definition) is 1. The van der Waals surface area contributed by atoms with Gasteiger partial charge in [-0.2, -0.15) is 0 Å². The maximum Gasteiger partial charge on any atom is 0.0416 e. The fraction of sp³-hybridized carbons (Fsp3) is 0.0811. The molecule has 0 unspecified atom stereocenters. The molecule has 7 rings (SSSR count). The number of fused-ring (bicyclic) bond motifs is 3. The molecule has 6 aromatic carbocycles. The Balaban J connectivity index is 1.50. The van der Waals surface area contributed by atoms with Crippen LogP contribution in [0.15, 0.2) is 127 Å². The van der Waals surface area contributed by atoms with Crippen molar-refractivity contribution in [3.8, 4) is 22.3 Å². The summed E-state index contributed by atoms with van der Waals surface area (Å²) in [4.78, 5) is 0. The van der Waals surface area contributed by atoms with E-state index in [9.17, 15) is 0 Å². The van der Waals surface area contributed by atoms with Crippen molar-refractivity contribution in [1.82, 2.24) is 5.32 Å². The highest BCUT2D eigenvalue weighted by molar-refractivity contribution is 6.23. The third kappa shape index (κ3) is 3.63. The smallest absolute Gasteiger partial charge is 0.0416 e. The highest BCUT2D eigenvalue weighted by atomic mass is 14.9. The fourth-order valence-corrected chi connectivity index (χ4v) is 6.01. The van der Waals surface area contributed by atoms with Gasteiger partial charge in [0.1, 0.15) is 0 Å². The lowest BCUT2D eigenvalue weighted by Gasteiger charge is -2.19. The number of aryl methyl sites for hydroxylation is 1. The van der Waals surface area contributed by atoms with Crippen molar-refractivity contribution in [3.63, 3.8) is 0 Å². The first-order valence-corrected chi connectivity index (χ1v) is 13.3. The van der Waals surface area contributed by atoms with Gasteiger partial charge in [0.2, 0.25) is 0 Å². The van der Waals surface area contributed by atoms with E-state index in [0.717, 1.165) is 6.54 Å². The Kier molecular flexibility index (Phi) is 5.37. The summed E-state index contributed by atoms with van der Waals surface area (Å²) in [5.74, 6) is 0. The van der Waals surface area contributed by atoms with Crippen LogP contribution in [0.3, 0.4) is 0 Å². The molecule has 0 atom stereocenters. The first-order valence-electron chi connectivity index (χ1n) is 13.3. The Hall–Kier alpha value is -4.62. The Morgan fingerprint density at radius 2 is 1.03 bits per heavy atom. The molecule has 1 N–H and O–H groups in total. The quantitative estimate of drug-likeness (QED) is 0.245. The number of benzene rings is 6. The average molecular weight is 488 g/mol. The van der Waals surface area contributed by atoms with E-state index in [2.05, 4.69) is 141 Å². The van der Waals surface area contributed by atoms with Gasteiger partial charge in [-0.25, -0.2) is 0 Å². The van der Waals surface area contributed by atoms with Crippen LogP contribution in [0.5, 0.6) is 0 Å². The topological polar surface area (TPSA) is 12.0 Å². The van der Waals surface area contributed by atoms with Crippen molar-refractivity contribution in [2.45, 2.75) is 13.8 Å². The fourth-order valence-electron chi connectivity index (χ4n) is 6.01. The number of hydrogen-bond acceptors (Lipinski definition) is 1. The summed E-state index contributed by atoms with van der Waals surface area (Å²) in [6.45, 7) is 5.26. The molecule has 0 spiro atoms. The minimum absolute atomic E-state index is 0.901. The molecular formula is C37H29N. The number of rotatable bonds is 3. The first-order chi connectivity index (χ1) is 18.7. The summed E-state index contributed by atoms with van der Waals surface area (Å²) in [6.07, 6.45) is 4.38. The molecule has 6 aromatic rings. The molecule has 1 aliphatic heterocycles. The standard InChI is InChI=1S/C37H29N/c1-24-17-22-35(38-23-24)26-18-20-27(21-19-26)36-31-10-3-5-12-33(31)37(34-13-6-4-11-32(34)36)30-16-8-14-28-25(2)9-7-15-29(28)30/h3-22,38H,23H2,1-2H3. The molecule has 1 aliphatic rings. The van der Waals surface area contributed by atoms with E-state index in [1.165, 1.54) is 77.0 Å². The van der Waals surface area contributed by atoms with Gasteiger partial charge in [-0.3, -0.25) is 0 Å². The molecule has 0 radical (unpaired) electrons. The maximum absolute atomic E-state index is 3.54. The lowest BCUT2D eigenvalue weighted by atomic mass is 9.84. The second kappa shape index (κ2) is 9.04. The van der Waals surface area contributed by atoms with E-state index in [1.54, 1.807) is 0 Å². The van der Waals surface area contributed by atoms with E-state index in [4.69, 9.17) is 0 Å². The van der Waals surface area contributed by atoms with Crippen LogP contribution in [0.4, 0.5) is 0 Å². The van der Waals surface area contributed by atoms with E-state index >= 15 is 0 Å². The van der Waals surface area contributed by atoms with E-state index in [1.807, 2.05) is 0 Å². The summed E-state index contributed by atoms with van der Waals surface area (Å²) in [7, 11) is 0. The molecular weight excluding hydrogens is 458 g/mol. The van der Waals surface area contributed by atoms with Crippen LogP contribution < -0.4 is 5.32 Å². The predicted molar refractivity (Wildman–Crippen MR) is 164 cm³/mol. The van der Waals surface area contributed by atoms with E-state index in [0.29, 0.717) is 0 Å². The van der Waals surface area contributed by atoms with Crippen LogP contribution in [0.1, 0.15) is 18.1 Å². The van der Waals surface area contributed by atoms with Crippen molar-refractivity contribution in [3.05, 3.63) is 138 Å². The highest BCUT2D eigenvalue weighted by Crippen LogP contribution is 2.45. The summed E-state index contributed by atoms with van der Waals surface area (Å²) in [5.41, 5.74) is 10.2. The van der Waals surface area contributed by atoms with Gasteiger partial charge < -0.3 is 5.32 Å². The molecule has 0 aromatic heterocycles. The van der Waals surface area contributed by atoms with Crippen molar-refractivity contribution in [2.75, 3.05) is 6.54 Å². The van der Waals surface area contributed by atoms with Crippen LogP contribution in [0.2, 0.25) is 0 Å². The van der Waals surface area contributed by atoms with Gasteiger partial charge in [-0.15, -0.1) is 0 Å². The molecule has 0 bridgehead atoms. The molecule has 0 fully saturated rings. The summed E-state index contributed by atoms with van der Waals surface area (Å²) < 4.78 is 0. The zero-order valence-electron chi connectivity index (χ0n) is 21.8. The van der Waals surface area contributed by atoms with Crippen LogP contribution >= 0.6 is 0 Å². The molecule has 182 valence electrons. The second-order valence-corrected chi connectivity index (χ2v) is 10.3. The van der Waals surface area contributed by atoms with Gasteiger partial charge >= 0.3 is 0 Å². The number of dihydropyridines is 1. The second-order valence-electron chi connectivity index (χ2n) is 10.3. The highest BCUT2D eigenvalue weighted by Gasteiger charge is 2.18. The maximum atomic E-state index is 3.54. The van der Waals surface area contributed by atoms with E-state index in [-0.39, 0.29) is 0 Å². The predicted octanol–water partition coefficient (Wildman–Crippen LogP) is 9.68. The van der Waals surface area contributed by atoms with Crippen LogP contribution in [0, 0.1) is 6.92 Å². The largest absolute Gasteiger partial charge is 0.381 e. The number of nitrogens with one attached hydrogen (secondary N) is 1. The monoisotopic (exact) mass is 487 g/mol. The van der Waals surface area contributed by atoms with Crippen LogP contribution in [-0.2, 0) is 0 Å². The first kappa shape index (κ1) is 22.6. The van der Waals surface area contributed by atoms with Crippen molar-refractivity contribution < 1.29 is 0 Å². The zero-order chi connectivity index (χ0) is 25.6. The summed E-state index contributed by atoms with van der Waals surface area (Å²) in [6, 6.07) is 40.2. The Morgan fingerprint density at radius 3 is 1.66 bits per heavy atom. The Labute approximate surface area is 223 Å². The molecule has 0 amide bonds. The molecule has 1 heteroatoms. The average Bonchev–Trinajstić information content (AvgIpc) is 2.96. The summed E-state index contributed by atoms with van der Waals surface area (Å²) >= 11 is 0. The minimum atomic E-state index is 0.901. The van der Waals surface area contributed by atoms with Crippen molar-refractivity contribution in [1.29, 1.82) is 0 Å².